The predicted octanol–water partition coefficient (Wildman–Crippen LogP) is 0.736. The van der Waals surface area contributed by atoms with Crippen molar-refractivity contribution in [2.75, 3.05) is 12.8 Å². The number of pyridine rings is 1. The number of aromatic carboxylic acids is 1. The molecule has 0 aromatic carbocycles. The van der Waals surface area contributed by atoms with Crippen LogP contribution >= 0.6 is 0 Å². The lowest BCUT2D eigenvalue weighted by molar-refractivity contribution is 0.0690. The molecule has 21 heavy (non-hydrogen) atoms. The van der Waals surface area contributed by atoms with Crippen LogP contribution in [0.25, 0.3) is 0 Å². The number of urea groups is 1. The lowest BCUT2D eigenvalue weighted by Gasteiger charge is -2.10. The molecule has 2 amide bonds. The summed E-state index contributed by atoms with van der Waals surface area (Å²) in [6.45, 7) is 2.57. The number of carboxylic acids is 1. The summed E-state index contributed by atoms with van der Waals surface area (Å²) in [4.78, 5) is 25.9. The van der Waals surface area contributed by atoms with E-state index >= 15 is 0 Å². The highest BCUT2D eigenvalue weighted by atomic mass is 32.2. The second-order valence-corrected chi connectivity index (χ2v) is 6.37. The van der Waals surface area contributed by atoms with Crippen LogP contribution in [0.5, 0.6) is 0 Å². The Morgan fingerprint density at radius 1 is 1.38 bits per heavy atom. The summed E-state index contributed by atoms with van der Waals surface area (Å²) in [7, 11) is -0.893. The third-order valence-electron chi connectivity index (χ3n) is 2.90. The van der Waals surface area contributed by atoms with Gasteiger partial charge in [-0.2, -0.15) is 0 Å². The molecular weight excluding hydrogens is 294 g/mol. The summed E-state index contributed by atoms with van der Waals surface area (Å²) in [5.74, 6) is -1.09. The van der Waals surface area contributed by atoms with Crippen LogP contribution in [0.4, 0.5) is 4.79 Å². The van der Waals surface area contributed by atoms with Crippen LogP contribution in [-0.2, 0) is 17.3 Å². The third kappa shape index (κ3) is 6.35. The number of aromatic nitrogens is 1. The predicted molar refractivity (Wildman–Crippen MR) is 79.6 cm³/mol. The molecule has 0 spiro atoms. The van der Waals surface area contributed by atoms with E-state index in [1.165, 1.54) is 12.3 Å². The molecule has 1 aromatic rings. The minimum atomic E-state index is -1.09. The van der Waals surface area contributed by atoms with Gasteiger partial charge in [-0.3, -0.25) is 4.21 Å². The molecule has 0 fully saturated rings. The Labute approximate surface area is 125 Å². The van der Waals surface area contributed by atoms with Gasteiger partial charge >= 0.3 is 12.0 Å². The number of amides is 2. The van der Waals surface area contributed by atoms with Crippen molar-refractivity contribution >= 4 is 22.8 Å². The number of hydrogen-bond acceptors (Lipinski definition) is 4. The molecule has 0 aliphatic heterocycles. The number of carboxylic acid groups (broad SMARTS) is 1. The molecule has 8 heteroatoms. The highest BCUT2D eigenvalue weighted by Gasteiger charge is 2.07. The summed E-state index contributed by atoms with van der Waals surface area (Å²) >= 11 is 0. The molecule has 3 N–H and O–H groups in total. The summed E-state index contributed by atoms with van der Waals surface area (Å²) < 4.78 is 11.1. The molecule has 0 aliphatic carbocycles. The number of carbonyl (C=O) groups is 2. The molecule has 2 unspecified atom stereocenters. The van der Waals surface area contributed by atoms with Gasteiger partial charge in [0.25, 0.3) is 0 Å². The Hall–Kier alpha value is -1.96. The van der Waals surface area contributed by atoms with Gasteiger partial charge < -0.3 is 15.7 Å². The molecule has 116 valence electrons. The van der Waals surface area contributed by atoms with Crippen LogP contribution in [0.3, 0.4) is 0 Å². The standard InChI is InChI=1S/C13H19N3O4S/c1-9(21(2)20)5-6-14-13(19)16-8-10-3-4-11(12(17)18)15-7-10/h3-4,7,9H,5-6,8H2,1-2H3,(H,17,18)(H2,14,16,19). The van der Waals surface area contributed by atoms with Crippen molar-refractivity contribution in [1.82, 2.24) is 15.6 Å². The lowest BCUT2D eigenvalue weighted by Crippen LogP contribution is -2.36. The van der Waals surface area contributed by atoms with Gasteiger partial charge in [-0.25, -0.2) is 14.6 Å². The number of nitrogens with one attached hydrogen (secondary N) is 2. The zero-order valence-electron chi connectivity index (χ0n) is 12.0. The molecule has 7 nitrogen and oxygen atoms in total. The van der Waals surface area contributed by atoms with Gasteiger partial charge in [0.2, 0.25) is 0 Å². The van der Waals surface area contributed by atoms with Crippen molar-refractivity contribution < 1.29 is 18.9 Å². The molecule has 0 bridgehead atoms. The first-order chi connectivity index (χ1) is 9.90. The fourth-order valence-corrected chi connectivity index (χ4v) is 1.91. The van der Waals surface area contributed by atoms with E-state index in [9.17, 15) is 13.8 Å². The van der Waals surface area contributed by atoms with Crippen LogP contribution < -0.4 is 10.6 Å². The maximum absolute atomic E-state index is 11.5. The van der Waals surface area contributed by atoms with Crippen molar-refractivity contribution in [2.45, 2.75) is 25.1 Å². The zero-order valence-corrected chi connectivity index (χ0v) is 12.8. The Balaban J connectivity index is 2.29. The van der Waals surface area contributed by atoms with Crippen molar-refractivity contribution in [3.8, 4) is 0 Å². The maximum atomic E-state index is 11.5. The average Bonchev–Trinajstić information content (AvgIpc) is 2.45. The molecule has 1 aromatic heterocycles. The van der Waals surface area contributed by atoms with E-state index in [1.807, 2.05) is 6.92 Å². The van der Waals surface area contributed by atoms with E-state index in [4.69, 9.17) is 5.11 Å². The maximum Gasteiger partial charge on any atom is 0.354 e. The van der Waals surface area contributed by atoms with Crippen molar-refractivity contribution in [2.24, 2.45) is 0 Å². The SMILES string of the molecule is CC(CCNC(=O)NCc1ccc(C(=O)O)nc1)S(C)=O. The van der Waals surface area contributed by atoms with E-state index in [-0.39, 0.29) is 23.5 Å². The van der Waals surface area contributed by atoms with Crippen molar-refractivity contribution in [1.29, 1.82) is 0 Å². The number of nitrogens with zero attached hydrogens (tertiary/aromatic N) is 1. The van der Waals surface area contributed by atoms with Gasteiger partial charge in [0, 0.05) is 41.6 Å². The summed E-state index contributed by atoms with van der Waals surface area (Å²) in [5, 5.41) is 14.1. The first kappa shape index (κ1) is 17.1. The van der Waals surface area contributed by atoms with Gasteiger partial charge in [-0.15, -0.1) is 0 Å². The second-order valence-electron chi connectivity index (χ2n) is 4.56. The van der Waals surface area contributed by atoms with Crippen LogP contribution in [0.15, 0.2) is 18.3 Å². The first-order valence-electron chi connectivity index (χ1n) is 6.42. The van der Waals surface area contributed by atoms with E-state index in [0.717, 1.165) is 0 Å². The number of rotatable bonds is 7. The molecule has 0 saturated carbocycles. The highest BCUT2D eigenvalue weighted by Crippen LogP contribution is 2.00. The average molecular weight is 313 g/mol. The monoisotopic (exact) mass is 313 g/mol. The lowest BCUT2D eigenvalue weighted by atomic mass is 10.2. The van der Waals surface area contributed by atoms with Crippen molar-refractivity contribution in [3.63, 3.8) is 0 Å². The number of hydrogen-bond donors (Lipinski definition) is 3. The molecule has 0 aliphatic rings. The summed E-state index contributed by atoms with van der Waals surface area (Å²) in [5.41, 5.74) is 0.669. The van der Waals surface area contributed by atoms with Crippen LogP contribution in [-0.4, -0.2) is 44.4 Å². The molecule has 2 atom stereocenters. The molecule has 0 radical (unpaired) electrons. The van der Waals surface area contributed by atoms with Crippen molar-refractivity contribution in [3.05, 3.63) is 29.6 Å². The largest absolute Gasteiger partial charge is 0.477 e. The second kappa shape index (κ2) is 8.35. The zero-order chi connectivity index (χ0) is 15.8. The van der Waals surface area contributed by atoms with Gasteiger partial charge in [-0.1, -0.05) is 13.0 Å². The fraction of sp³-hybridized carbons (Fsp3) is 0.462. The minimum absolute atomic E-state index is 0.0373. The molecule has 0 saturated heterocycles. The Morgan fingerprint density at radius 3 is 2.62 bits per heavy atom. The Kier molecular flexibility index (Phi) is 6.80. The molecular formula is C13H19N3O4S. The smallest absolute Gasteiger partial charge is 0.354 e. The van der Waals surface area contributed by atoms with Crippen LogP contribution in [0, 0.1) is 0 Å². The summed E-state index contributed by atoms with van der Waals surface area (Å²) in [6.07, 6.45) is 3.69. The van der Waals surface area contributed by atoms with Crippen LogP contribution in [0.1, 0.15) is 29.4 Å². The van der Waals surface area contributed by atoms with Gasteiger partial charge in [0.1, 0.15) is 5.69 Å². The topological polar surface area (TPSA) is 108 Å². The first-order valence-corrected chi connectivity index (χ1v) is 8.04. The van der Waals surface area contributed by atoms with E-state index in [2.05, 4.69) is 15.6 Å². The molecule has 1 rings (SSSR count). The highest BCUT2D eigenvalue weighted by molar-refractivity contribution is 7.84. The van der Waals surface area contributed by atoms with Gasteiger partial charge in [0.05, 0.1) is 0 Å². The van der Waals surface area contributed by atoms with E-state index < -0.39 is 16.8 Å². The fourth-order valence-electron chi connectivity index (χ4n) is 1.46. The normalized spacial score (nSPS) is 13.2. The minimum Gasteiger partial charge on any atom is -0.477 e. The quantitative estimate of drug-likeness (QED) is 0.688. The Morgan fingerprint density at radius 2 is 2.10 bits per heavy atom. The van der Waals surface area contributed by atoms with Gasteiger partial charge in [-0.05, 0) is 18.1 Å². The van der Waals surface area contributed by atoms with E-state index in [1.54, 1.807) is 12.3 Å². The van der Waals surface area contributed by atoms with Gasteiger partial charge in [0.15, 0.2) is 0 Å². The summed E-state index contributed by atoms with van der Waals surface area (Å²) in [6, 6.07) is 2.65. The number of carbonyl (C=O) groups excluding carboxylic acids is 1. The molecule has 1 heterocycles. The van der Waals surface area contributed by atoms with E-state index in [0.29, 0.717) is 18.5 Å². The van der Waals surface area contributed by atoms with Crippen LogP contribution in [0.2, 0.25) is 0 Å². The third-order valence-corrected chi connectivity index (χ3v) is 4.27. The Bertz CT molecular complexity index is 519.